The van der Waals surface area contributed by atoms with Gasteiger partial charge >= 0.3 is 0 Å². The molecule has 3 aromatic rings. The van der Waals surface area contributed by atoms with Crippen LogP contribution in [0.15, 0.2) is 35.1 Å². The summed E-state index contributed by atoms with van der Waals surface area (Å²) >= 11 is 0. The number of phenols is 1. The maximum absolute atomic E-state index is 12.6. The van der Waals surface area contributed by atoms with E-state index in [1.165, 1.54) is 19.8 Å². The number of phenolic OH excluding ortho intramolecular Hbond substituents is 1. The maximum atomic E-state index is 12.6. The van der Waals surface area contributed by atoms with Gasteiger partial charge in [-0.05, 0) is 73.9 Å². The number of aromatic amines is 1. The minimum Gasteiger partial charge on any atom is -0.507 e. The number of rotatable bonds is 6. The molecule has 0 bridgehead atoms. The Bertz CT molecular complexity index is 1270. The Morgan fingerprint density at radius 3 is 2.79 bits per heavy atom. The largest absolute Gasteiger partial charge is 0.507 e. The van der Waals surface area contributed by atoms with E-state index in [1.807, 2.05) is 12.1 Å². The van der Waals surface area contributed by atoms with Crippen LogP contribution in [0.1, 0.15) is 44.1 Å². The van der Waals surface area contributed by atoms with E-state index in [9.17, 15) is 14.7 Å². The molecule has 1 aromatic carbocycles. The van der Waals surface area contributed by atoms with E-state index in [-0.39, 0.29) is 35.7 Å². The molecule has 1 atom stereocenters. The SMILES string of the molecule is CC(=O)Nc1cc2c(C3CCCNC3)cc(-c3c(O)cccc3OCC3CC3)nc2[nH]c1=O.Cl. The molecule has 2 fully saturated rings. The molecule has 3 heterocycles. The summed E-state index contributed by atoms with van der Waals surface area (Å²) in [5.74, 6) is 1.13. The van der Waals surface area contributed by atoms with Crippen molar-refractivity contribution in [3.8, 4) is 22.8 Å². The maximum Gasteiger partial charge on any atom is 0.273 e. The van der Waals surface area contributed by atoms with Crippen LogP contribution in [0.3, 0.4) is 0 Å². The number of halogens is 1. The number of carbonyl (C=O) groups is 1. The van der Waals surface area contributed by atoms with Crippen LogP contribution in [0.25, 0.3) is 22.3 Å². The smallest absolute Gasteiger partial charge is 0.273 e. The topological polar surface area (TPSA) is 116 Å². The van der Waals surface area contributed by atoms with Crippen LogP contribution in [-0.4, -0.2) is 40.7 Å². The van der Waals surface area contributed by atoms with Crippen LogP contribution in [0.2, 0.25) is 0 Å². The first-order valence-corrected chi connectivity index (χ1v) is 11.5. The predicted octanol–water partition coefficient (Wildman–Crippen LogP) is 3.93. The van der Waals surface area contributed by atoms with Crippen LogP contribution >= 0.6 is 12.4 Å². The van der Waals surface area contributed by atoms with Gasteiger partial charge in [0.1, 0.15) is 22.8 Å². The number of ether oxygens (including phenoxy) is 1. The zero-order valence-electron chi connectivity index (χ0n) is 19.0. The zero-order valence-corrected chi connectivity index (χ0v) is 19.8. The van der Waals surface area contributed by atoms with Crippen molar-refractivity contribution >= 4 is 35.0 Å². The van der Waals surface area contributed by atoms with Gasteiger partial charge in [0.05, 0.1) is 17.9 Å². The lowest BCUT2D eigenvalue weighted by atomic mass is 9.88. The molecule has 1 aliphatic carbocycles. The third-order valence-corrected chi connectivity index (χ3v) is 6.34. The molecule has 9 heteroatoms. The summed E-state index contributed by atoms with van der Waals surface area (Å²) in [5, 5.41) is 17.6. The molecule has 1 amide bonds. The summed E-state index contributed by atoms with van der Waals surface area (Å²) in [6.07, 6.45) is 4.36. The van der Waals surface area contributed by atoms with Crippen molar-refractivity contribution in [3.63, 3.8) is 0 Å². The number of aromatic nitrogens is 2. The van der Waals surface area contributed by atoms with Crippen molar-refractivity contribution in [3.05, 3.63) is 46.2 Å². The van der Waals surface area contributed by atoms with E-state index in [1.54, 1.807) is 18.2 Å². The highest BCUT2D eigenvalue weighted by Gasteiger charge is 2.25. The minimum absolute atomic E-state index is 0. The van der Waals surface area contributed by atoms with E-state index in [4.69, 9.17) is 9.72 Å². The minimum atomic E-state index is -0.419. The zero-order chi connectivity index (χ0) is 22.9. The average molecular weight is 485 g/mol. The Hall–Kier alpha value is -3.10. The van der Waals surface area contributed by atoms with E-state index in [2.05, 4.69) is 15.6 Å². The number of piperidine rings is 1. The molecule has 0 radical (unpaired) electrons. The lowest BCUT2D eigenvalue weighted by Crippen LogP contribution is -2.28. The molecule has 8 nitrogen and oxygen atoms in total. The van der Waals surface area contributed by atoms with Crippen molar-refractivity contribution in [1.82, 2.24) is 15.3 Å². The molecule has 4 N–H and O–H groups in total. The van der Waals surface area contributed by atoms with Crippen LogP contribution in [0, 0.1) is 5.92 Å². The summed E-state index contributed by atoms with van der Waals surface area (Å²) in [6, 6.07) is 8.90. The molecule has 180 valence electrons. The average Bonchev–Trinajstić information content (AvgIpc) is 3.62. The second-order valence-corrected chi connectivity index (χ2v) is 9.00. The quantitative estimate of drug-likeness (QED) is 0.421. The molecule has 34 heavy (non-hydrogen) atoms. The number of aromatic hydroxyl groups is 1. The monoisotopic (exact) mass is 484 g/mol. The van der Waals surface area contributed by atoms with Crippen molar-refractivity contribution < 1.29 is 14.6 Å². The van der Waals surface area contributed by atoms with Crippen LogP contribution in [0.4, 0.5) is 5.69 Å². The Labute approximate surface area is 203 Å². The molecule has 2 aliphatic rings. The Balaban J connectivity index is 0.00000274. The number of nitrogens with zero attached hydrogens (tertiary/aromatic N) is 1. The summed E-state index contributed by atoms with van der Waals surface area (Å²) < 4.78 is 6.05. The Morgan fingerprint density at radius 1 is 1.26 bits per heavy atom. The third-order valence-electron chi connectivity index (χ3n) is 6.34. The number of hydrogen-bond acceptors (Lipinski definition) is 6. The lowest BCUT2D eigenvalue weighted by molar-refractivity contribution is -0.114. The number of H-pyrrole nitrogens is 1. The van der Waals surface area contributed by atoms with E-state index in [0.29, 0.717) is 35.2 Å². The van der Waals surface area contributed by atoms with Gasteiger partial charge in [0.2, 0.25) is 5.91 Å². The van der Waals surface area contributed by atoms with Gasteiger partial charge in [0, 0.05) is 18.9 Å². The van der Waals surface area contributed by atoms with Gasteiger partial charge in [-0.1, -0.05) is 6.07 Å². The highest BCUT2D eigenvalue weighted by Crippen LogP contribution is 2.41. The number of fused-ring (bicyclic) bond motifs is 1. The number of anilines is 1. The molecule has 1 saturated heterocycles. The highest BCUT2D eigenvalue weighted by atomic mass is 35.5. The number of pyridine rings is 2. The van der Waals surface area contributed by atoms with E-state index < -0.39 is 5.56 Å². The number of carbonyl (C=O) groups excluding carboxylic acids is 1. The van der Waals surface area contributed by atoms with Gasteiger partial charge < -0.3 is 25.5 Å². The summed E-state index contributed by atoms with van der Waals surface area (Å²) in [7, 11) is 0. The van der Waals surface area contributed by atoms with Crippen LogP contribution in [0.5, 0.6) is 11.5 Å². The number of amides is 1. The van der Waals surface area contributed by atoms with Crippen molar-refractivity contribution in [2.24, 2.45) is 5.92 Å². The fraction of sp³-hybridized carbons (Fsp3) is 0.400. The van der Waals surface area contributed by atoms with Crippen molar-refractivity contribution in [2.45, 2.75) is 38.5 Å². The molecular weight excluding hydrogens is 456 g/mol. The first kappa shape index (κ1) is 24.0. The van der Waals surface area contributed by atoms with Gasteiger partial charge in [0.15, 0.2) is 0 Å². The summed E-state index contributed by atoms with van der Waals surface area (Å²) in [6.45, 7) is 3.76. The molecule has 1 saturated carbocycles. The first-order chi connectivity index (χ1) is 16.0. The van der Waals surface area contributed by atoms with Crippen LogP contribution < -0.4 is 20.9 Å². The predicted molar refractivity (Wildman–Crippen MR) is 134 cm³/mol. The number of nitrogens with one attached hydrogen (secondary N) is 3. The number of hydrogen-bond donors (Lipinski definition) is 4. The second-order valence-electron chi connectivity index (χ2n) is 9.00. The van der Waals surface area contributed by atoms with Crippen molar-refractivity contribution in [1.29, 1.82) is 0 Å². The fourth-order valence-corrected chi connectivity index (χ4v) is 4.46. The summed E-state index contributed by atoms with van der Waals surface area (Å²) in [4.78, 5) is 31.8. The van der Waals surface area contributed by atoms with Gasteiger partial charge in [-0.25, -0.2) is 4.98 Å². The Morgan fingerprint density at radius 2 is 2.09 bits per heavy atom. The molecular formula is C25H29ClN4O4. The fourth-order valence-electron chi connectivity index (χ4n) is 4.46. The molecule has 0 spiro atoms. The Kier molecular flexibility index (Phi) is 7.09. The van der Waals surface area contributed by atoms with Gasteiger partial charge in [-0.2, -0.15) is 0 Å². The van der Waals surface area contributed by atoms with Gasteiger partial charge in [-0.3, -0.25) is 9.59 Å². The second kappa shape index (κ2) is 10.0. The highest BCUT2D eigenvalue weighted by molar-refractivity contribution is 5.93. The van der Waals surface area contributed by atoms with Crippen LogP contribution in [-0.2, 0) is 4.79 Å². The molecule has 2 aromatic heterocycles. The molecule has 5 rings (SSSR count). The summed E-state index contributed by atoms with van der Waals surface area (Å²) in [5.41, 5.74) is 2.29. The number of benzene rings is 1. The normalized spacial score (nSPS) is 17.7. The first-order valence-electron chi connectivity index (χ1n) is 11.5. The lowest BCUT2D eigenvalue weighted by Gasteiger charge is -2.25. The van der Waals surface area contributed by atoms with E-state index in [0.717, 1.165) is 36.9 Å². The standard InChI is InChI=1S/C25H28N4O4.ClH/c1-14(30)27-20-11-18-17(16-4-3-9-26-12-16)10-19(28-24(18)29-25(20)32)23-21(31)5-2-6-22(23)33-13-15-7-8-15;/h2,5-6,10-11,15-16,26,31H,3-4,7-9,12-13H2,1H3,(H,27,30)(H,28,29,32);1H. The molecule has 1 aliphatic heterocycles. The van der Waals surface area contributed by atoms with Crippen molar-refractivity contribution in [2.75, 3.05) is 25.0 Å². The van der Waals surface area contributed by atoms with Gasteiger partial charge in [-0.15, -0.1) is 12.4 Å². The molecule has 1 unspecified atom stereocenters. The van der Waals surface area contributed by atoms with Gasteiger partial charge in [0.25, 0.3) is 5.56 Å². The van der Waals surface area contributed by atoms with E-state index >= 15 is 0 Å². The third kappa shape index (κ3) is 5.03.